The third-order valence-corrected chi connectivity index (χ3v) is 3.71. The molecule has 0 radical (unpaired) electrons. The van der Waals surface area contributed by atoms with Crippen molar-refractivity contribution in [2.45, 2.75) is 25.4 Å². The Morgan fingerprint density at radius 3 is 2.80 bits per heavy atom. The average molecular weight is 272 g/mol. The molecule has 0 amide bonds. The van der Waals surface area contributed by atoms with E-state index in [1.54, 1.807) is 0 Å². The van der Waals surface area contributed by atoms with Crippen LogP contribution in [0.2, 0.25) is 0 Å². The Labute approximate surface area is 119 Å². The van der Waals surface area contributed by atoms with Crippen LogP contribution in [0, 0.1) is 0 Å². The Balaban J connectivity index is 1.74. The lowest BCUT2D eigenvalue weighted by Crippen LogP contribution is -2.23. The number of rotatable bonds is 4. The van der Waals surface area contributed by atoms with Gasteiger partial charge < -0.3 is 9.42 Å². The van der Waals surface area contributed by atoms with Gasteiger partial charge in [-0.15, -0.1) is 0 Å². The first-order valence-corrected chi connectivity index (χ1v) is 7.03. The highest BCUT2D eigenvalue weighted by Crippen LogP contribution is 2.32. The van der Waals surface area contributed by atoms with Crippen LogP contribution >= 0.6 is 0 Å². The van der Waals surface area contributed by atoms with Crippen LogP contribution in [0.5, 0.6) is 0 Å². The van der Waals surface area contributed by atoms with Gasteiger partial charge in [0, 0.05) is 20.6 Å². The van der Waals surface area contributed by atoms with E-state index in [1.165, 1.54) is 12.0 Å². The Kier molecular flexibility index (Phi) is 3.69. The summed E-state index contributed by atoms with van der Waals surface area (Å²) in [6.07, 6.45) is 2.26. The van der Waals surface area contributed by atoms with Crippen molar-refractivity contribution in [2.75, 3.05) is 25.5 Å². The van der Waals surface area contributed by atoms with Crippen LogP contribution in [0.25, 0.3) is 0 Å². The molecule has 5 heteroatoms. The van der Waals surface area contributed by atoms with Gasteiger partial charge in [-0.05, 0) is 30.1 Å². The molecule has 1 fully saturated rings. The third kappa shape index (κ3) is 2.67. The maximum Gasteiger partial charge on any atom is 0.265 e. The first-order valence-electron chi connectivity index (χ1n) is 7.03. The number of aromatic nitrogens is 2. The molecule has 0 bridgehead atoms. The number of likely N-dealkylation sites (tertiary alicyclic amines) is 1. The van der Waals surface area contributed by atoms with Gasteiger partial charge in [0.15, 0.2) is 0 Å². The normalized spacial score (nSPS) is 19.4. The number of hydrogen-bond donors (Lipinski definition) is 0. The summed E-state index contributed by atoms with van der Waals surface area (Å²) in [5, 5.41) is 4.01. The smallest absolute Gasteiger partial charge is 0.265 e. The van der Waals surface area contributed by atoms with Crippen LogP contribution in [-0.4, -0.2) is 35.7 Å². The number of benzene rings is 1. The van der Waals surface area contributed by atoms with Crippen LogP contribution in [-0.2, 0) is 6.54 Å². The molecule has 1 aromatic carbocycles. The molecule has 1 saturated heterocycles. The molecule has 5 nitrogen and oxygen atoms in total. The standard InChI is InChI=1S/C15H20N4O/c1-18(2)15-16-14(20-17-15)13-9-6-10-19(13)11-12-7-4-3-5-8-12/h3-5,7-8,13H,6,9-11H2,1-2H3/t13-/m1/s1. The topological polar surface area (TPSA) is 45.4 Å². The number of hydrogen-bond acceptors (Lipinski definition) is 5. The summed E-state index contributed by atoms with van der Waals surface area (Å²) >= 11 is 0. The Morgan fingerprint density at radius 2 is 2.10 bits per heavy atom. The predicted molar refractivity (Wildman–Crippen MR) is 77.5 cm³/mol. The van der Waals surface area contributed by atoms with Gasteiger partial charge in [-0.2, -0.15) is 4.98 Å². The molecule has 1 aromatic heterocycles. The third-order valence-electron chi connectivity index (χ3n) is 3.71. The summed E-state index contributed by atoms with van der Waals surface area (Å²) in [7, 11) is 3.84. The molecular formula is C15H20N4O. The minimum absolute atomic E-state index is 0.247. The van der Waals surface area contributed by atoms with Crippen molar-refractivity contribution in [2.24, 2.45) is 0 Å². The molecule has 2 aromatic rings. The molecule has 20 heavy (non-hydrogen) atoms. The summed E-state index contributed by atoms with van der Waals surface area (Å²) in [5.74, 6) is 1.38. The number of nitrogens with zero attached hydrogens (tertiary/aromatic N) is 4. The van der Waals surface area contributed by atoms with Crippen LogP contribution in [0.15, 0.2) is 34.9 Å². The second kappa shape index (κ2) is 5.63. The minimum Gasteiger partial charge on any atom is -0.344 e. The van der Waals surface area contributed by atoms with Crippen LogP contribution in [0.3, 0.4) is 0 Å². The van der Waals surface area contributed by atoms with E-state index >= 15 is 0 Å². The summed E-state index contributed by atoms with van der Waals surface area (Å²) in [6, 6.07) is 10.8. The maximum absolute atomic E-state index is 5.43. The molecule has 1 aliphatic heterocycles. The van der Waals surface area contributed by atoms with Gasteiger partial charge in [-0.25, -0.2) is 0 Å². The summed E-state index contributed by atoms with van der Waals surface area (Å²) in [6.45, 7) is 2.02. The van der Waals surface area contributed by atoms with E-state index < -0.39 is 0 Å². The van der Waals surface area contributed by atoms with Crippen molar-refractivity contribution in [3.8, 4) is 0 Å². The zero-order valence-electron chi connectivity index (χ0n) is 12.0. The van der Waals surface area contributed by atoms with Gasteiger partial charge in [0.05, 0.1) is 6.04 Å². The zero-order valence-corrected chi connectivity index (χ0v) is 12.0. The molecule has 106 valence electrons. The zero-order chi connectivity index (χ0) is 13.9. The van der Waals surface area contributed by atoms with Crippen LogP contribution in [0.1, 0.15) is 30.3 Å². The van der Waals surface area contributed by atoms with Crippen molar-refractivity contribution in [1.29, 1.82) is 0 Å². The molecule has 0 N–H and O–H groups in total. The molecule has 0 spiro atoms. The molecule has 1 atom stereocenters. The molecule has 0 aliphatic carbocycles. The van der Waals surface area contributed by atoms with Crippen molar-refractivity contribution >= 4 is 5.95 Å². The van der Waals surface area contributed by atoms with E-state index in [0.29, 0.717) is 5.95 Å². The highest BCUT2D eigenvalue weighted by molar-refractivity contribution is 5.24. The molecule has 0 unspecified atom stereocenters. The lowest BCUT2D eigenvalue weighted by atomic mass is 10.2. The molecule has 3 rings (SSSR count). The van der Waals surface area contributed by atoms with E-state index in [2.05, 4.69) is 39.3 Å². The highest BCUT2D eigenvalue weighted by Gasteiger charge is 2.30. The van der Waals surface area contributed by atoms with Crippen molar-refractivity contribution < 1.29 is 4.52 Å². The lowest BCUT2D eigenvalue weighted by molar-refractivity contribution is 0.201. The summed E-state index contributed by atoms with van der Waals surface area (Å²) in [5.41, 5.74) is 1.33. The minimum atomic E-state index is 0.247. The fourth-order valence-corrected chi connectivity index (χ4v) is 2.66. The van der Waals surface area contributed by atoms with Crippen molar-refractivity contribution in [3.63, 3.8) is 0 Å². The van der Waals surface area contributed by atoms with E-state index in [1.807, 2.05) is 25.1 Å². The van der Waals surface area contributed by atoms with Gasteiger partial charge in [0.2, 0.25) is 5.89 Å². The van der Waals surface area contributed by atoms with Gasteiger partial charge in [-0.3, -0.25) is 4.90 Å². The van der Waals surface area contributed by atoms with Crippen molar-refractivity contribution in [1.82, 2.24) is 15.0 Å². The van der Waals surface area contributed by atoms with Gasteiger partial charge in [0.25, 0.3) is 5.95 Å². The first-order chi connectivity index (χ1) is 9.74. The fourth-order valence-electron chi connectivity index (χ4n) is 2.66. The summed E-state index contributed by atoms with van der Waals surface area (Å²) in [4.78, 5) is 8.77. The maximum atomic E-state index is 5.43. The molecule has 2 heterocycles. The van der Waals surface area contributed by atoms with E-state index in [4.69, 9.17) is 4.52 Å². The van der Waals surface area contributed by atoms with E-state index in [-0.39, 0.29) is 6.04 Å². The Morgan fingerprint density at radius 1 is 1.30 bits per heavy atom. The quantitative estimate of drug-likeness (QED) is 0.855. The highest BCUT2D eigenvalue weighted by atomic mass is 16.5. The van der Waals surface area contributed by atoms with E-state index in [0.717, 1.165) is 25.4 Å². The first kappa shape index (κ1) is 13.1. The monoisotopic (exact) mass is 272 g/mol. The van der Waals surface area contributed by atoms with Gasteiger partial charge >= 0.3 is 0 Å². The molecular weight excluding hydrogens is 252 g/mol. The number of anilines is 1. The fraction of sp³-hybridized carbons (Fsp3) is 0.467. The summed E-state index contributed by atoms with van der Waals surface area (Å²) < 4.78 is 5.43. The molecule has 0 saturated carbocycles. The predicted octanol–water partition coefficient (Wildman–Crippen LogP) is 2.47. The SMILES string of the molecule is CN(C)c1noc([C@H]2CCCN2Cc2ccccc2)n1. The molecule has 1 aliphatic rings. The second-order valence-electron chi connectivity index (χ2n) is 5.44. The Hall–Kier alpha value is -1.88. The largest absolute Gasteiger partial charge is 0.344 e. The van der Waals surface area contributed by atoms with Crippen LogP contribution < -0.4 is 4.90 Å². The second-order valence-corrected chi connectivity index (χ2v) is 5.44. The van der Waals surface area contributed by atoms with Gasteiger partial charge in [-0.1, -0.05) is 30.3 Å². The van der Waals surface area contributed by atoms with Gasteiger partial charge in [0.1, 0.15) is 0 Å². The van der Waals surface area contributed by atoms with Crippen molar-refractivity contribution in [3.05, 3.63) is 41.8 Å². The Bertz CT molecular complexity index is 552. The van der Waals surface area contributed by atoms with Crippen LogP contribution in [0.4, 0.5) is 5.95 Å². The average Bonchev–Trinajstić information content (AvgIpc) is 3.08. The van der Waals surface area contributed by atoms with E-state index in [9.17, 15) is 0 Å². The lowest BCUT2D eigenvalue weighted by Gasteiger charge is -2.21.